The average molecular weight is 974 g/mol. The summed E-state index contributed by atoms with van der Waals surface area (Å²) in [4.78, 5) is 24.6. The molecule has 1 unspecified atom stereocenters. The van der Waals surface area contributed by atoms with Crippen molar-refractivity contribution in [1.82, 2.24) is 0 Å². The number of aliphatic hydroxyl groups excluding tert-OH is 1. The maximum Gasteiger partial charge on any atom is 0.306 e. The van der Waals surface area contributed by atoms with Gasteiger partial charge in [0.2, 0.25) is 0 Å². The molecule has 0 saturated heterocycles. The fraction of sp³-hybridized carbons (Fsp3) is 0.723. The predicted octanol–water partition coefficient (Wildman–Crippen LogP) is 20.3. The first kappa shape index (κ1) is 66.8. The highest BCUT2D eigenvalue weighted by molar-refractivity contribution is 5.70. The van der Waals surface area contributed by atoms with Gasteiger partial charge in [-0.2, -0.15) is 0 Å². The molecule has 0 aromatic heterocycles. The summed E-state index contributed by atoms with van der Waals surface area (Å²) < 4.78 is 10.7. The standard InChI is InChI=1S/C65H112O5/c1-3-5-7-9-11-13-15-17-19-21-23-25-27-29-30-31-32-33-34-36-37-39-41-43-45-47-49-51-53-55-57-59-64(67)69-62-63(61-66)70-65(68)60-58-56-54-52-50-48-46-44-42-40-38-35-28-26-24-22-20-18-16-14-12-10-8-6-4-2/h6,8,12,14-15,17-18,20-21,23-24,26-27,29,35,38,63,66H,3-5,7,9-11,13,16,19,22,25,28,30-34,36-37,39-62H2,1-2H3/b8-6-,14-12-,17-15-,20-18-,23-21-,26-24-,29-27-,38-35-. The van der Waals surface area contributed by atoms with Gasteiger partial charge in [0, 0.05) is 12.8 Å². The van der Waals surface area contributed by atoms with Crippen molar-refractivity contribution < 1.29 is 24.2 Å². The summed E-state index contributed by atoms with van der Waals surface area (Å²) in [6.07, 6.45) is 85.3. The van der Waals surface area contributed by atoms with E-state index < -0.39 is 6.10 Å². The van der Waals surface area contributed by atoms with E-state index in [-0.39, 0.29) is 25.2 Å². The van der Waals surface area contributed by atoms with Crippen LogP contribution in [0.25, 0.3) is 0 Å². The normalized spacial score (nSPS) is 12.9. The highest BCUT2D eigenvalue weighted by Crippen LogP contribution is 2.16. The van der Waals surface area contributed by atoms with E-state index in [0.717, 1.165) is 83.5 Å². The van der Waals surface area contributed by atoms with E-state index in [0.29, 0.717) is 12.8 Å². The van der Waals surface area contributed by atoms with Crippen LogP contribution in [-0.4, -0.2) is 36.4 Å². The van der Waals surface area contributed by atoms with Gasteiger partial charge in [-0.25, -0.2) is 0 Å². The topological polar surface area (TPSA) is 72.8 Å². The average Bonchev–Trinajstić information content (AvgIpc) is 3.36. The molecule has 0 aliphatic rings. The number of rotatable bonds is 54. The van der Waals surface area contributed by atoms with Crippen molar-refractivity contribution in [2.45, 2.75) is 290 Å². The summed E-state index contributed by atoms with van der Waals surface area (Å²) in [7, 11) is 0. The minimum absolute atomic E-state index is 0.0712. The third-order valence-corrected chi connectivity index (χ3v) is 12.9. The molecule has 0 heterocycles. The van der Waals surface area contributed by atoms with E-state index in [9.17, 15) is 14.7 Å². The van der Waals surface area contributed by atoms with Gasteiger partial charge in [0.05, 0.1) is 6.61 Å². The molecular weight excluding hydrogens is 861 g/mol. The molecule has 0 aromatic rings. The molecule has 0 aromatic carbocycles. The van der Waals surface area contributed by atoms with Gasteiger partial charge in [-0.05, 0) is 96.3 Å². The van der Waals surface area contributed by atoms with Crippen LogP contribution >= 0.6 is 0 Å². The number of esters is 2. The van der Waals surface area contributed by atoms with Gasteiger partial charge in [0.25, 0.3) is 0 Å². The van der Waals surface area contributed by atoms with Gasteiger partial charge in [-0.3, -0.25) is 9.59 Å². The molecule has 0 spiro atoms. The lowest BCUT2D eigenvalue weighted by Gasteiger charge is -2.15. The van der Waals surface area contributed by atoms with Crippen LogP contribution in [0.3, 0.4) is 0 Å². The Morgan fingerprint density at radius 2 is 0.614 bits per heavy atom. The van der Waals surface area contributed by atoms with Gasteiger partial charge in [-0.1, -0.05) is 272 Å². The Hall–Kier alpha value is -3.18. The SMILES string of the molecule is CC/C=C\C/C=C\C/C=C\C/C=C\C/C=C\CCCCCCCCCCCC(=O)OC(CO)COC(=O)CCCCCCCCCCCCCCCCCC/C=C\C/C=C\C/C=C\CCCCCCC. The van der Waals surface area contributed by atoms with Crippen molar-refractivity contribution in [1.29, 1.82) is 0 Å². The molecule has 0 fully saturated rings. The van der Waals surface area contributed by atoms with Crippen molar-refractivity contribution in [2.24, 2.45) is 0 Å². The molecule has 0 aliphatic carbocycles. The van der Waals surface area contributed by atoms with E-state index >= 15 is 0 Å². The van der Waals surface area contributed by atoms with Crippen molar-refractivity contribution in [3.63, 3.8) is 0 Å². The smallest absolute Gasteiger partial charge is 0.306 e. The maximum absolute atomic E-state index is 12.3. The van der Waals surface area contributed by atoms with Crippen LogP contribution in [0.1, 0.15) is 284 Å². The first-order chi connectivity index (χ1) is 34.6. The van der Waals surface area contributed by atoms with Crippen LogP contribution < -0.4 is 0 Å². The van der Waals surface area contributed by atoms with Gasteiger partial charge in [0.15, 0.2) is 6.10 Å². The van der Waals surface area contributed by atoms with E-state index in [1.165, 1.54) is 173 Å². The molecule has 5 nitrogen and oxygen atoms in total. The third kappa shape index (κ3) is 57.4. The molecule has 402 valence electrons. The Balaban J connectivity index is 3.50. The van der Waals surface area contributed by atoms with Crippen LogP contribution in [0.4, 0.5) is 0 Å². The van der Waals surface area contributed by atoms with E-state index in [2.05, 4.69) is 111 Å². The van der Waals surface area contributed by atoms with Crippen LogP contribution in [0.15, 0.2) is 97.2 Å². The number of carbonyl (C=O) groups excluding carboxylic acids is 2. The number of allylic oxidation sites excluding steroid dienone is 16. The Labute approximate surface area is 434 Å². The van der Waals surface area contributed by atoms with Crippen LogP contribution in [0.5, 0.6) is 0 Å². The van der Waals surface area contributed by atoms with Crippen molar-refractivity contribution >= 4 is 11.9 Å². The van der Waals surface area contributed by atoms with E-state index in [1.54, 1.807) is 0 Å². The molecule has 70 heavy (non-hydrogen) atoms. The minimum Gasteiger partial charge on any atom is -0.462 e. The molecular formula is C65H112O5. The van der Waals surface area contributed by atoms with Gasteiger partial charge in [-0.15, -0.1) is 0 Å². The summed E-state index contributed by atoms with van der Waals surface area (Å²) in [5.74, 6) is -0.594. The minimum atomic E-state index is -0.781. The predicted molar refractivity (Wildman–Crippen MR) is 306 cm³/mol. The first-order valence-corrected chi connectivity index (χ1v) is 29.8. The van der Waals surface area contributed by atoms with Crippen molar-refractivity contribution in [3.8, 4) is 0 Å². The molecule has 0 rings (SSSR count). The zero-order valence-electron chi connectivity index (χ0n) is 46.0. The number of unbranched alkanes of at least 4 members (excludes halogenated alkanes) is 30. The molecule has 1 atom stereocenters. The highest BCUT2D eigenvalue weighted by Gasteiger charge is 2.16. The number of ether oxygens (including phenoxy) is 2. The lowest BCUT2D eigenvalue weighted by Crippen LogP contribution is -2.28. The monoisotopic (exact) mass is 973 g/mol. The second-order valence-electron chi connectivity index (χ2n) is 19.7. The second kappa shape index (κ2) is 60.1. The number of carbonyl (C=O) groups is 2. The molecule has 1 N–H and O–H groups in total. The molecule has 0 aliphatic heterocycles. The summed E-state index contributed by atoms with van der Waals surface area (Å²) in [6.45, 7) is 4.03. The number of aliphatic hydroxyl groups is 1. The second-order valence-corrected chi connectivity index (χ2v) is 19.7. The lowest BCUT2D eigenvalue weighted by atomic mass is 10.0. The van der Waals surface area contributed by atoms with Crippen molar-refractivity contribution in [2.75, 3.05) is 13.2 Å². The fourth-order valence-electron chi connectivity index (χ4n) is 8.41. The first-order valence-electron chi connectivity index (χ1n) is 29.8. The highest BCUT2D eigenvalue weighted by atomic mass is 16.6. The van der Waals surface area contributed by atoms with Crippen LogP contribution in [0.2, 0.25) is 0 Å². The number of hydrogen-bond acceptors (Lipinski definition) is 5. The van der Waals surface area contributed by atoms with Gasteiger partial charge < -0.3 is 14.6 Å². The number of hydrogen-bond donors (Lipinski definition) is 1. The quantitative estimate of drug-likeness (QED) is 0.0373. The molecule has 0 radical (unpaired) electrons. The van der Waals surface area contributed by atoms with Crippen molar-refractivity contribution in [3.05, 3.63) is 97.2 Å². The largest absolute Gasteiger partial charge is 0.462 e. The fourth-order valence-corrected chi connectivity index (χ4v) is 8.41. The Morgan fingerprint density at radius 3 is 0.929 bits per heavy atom. The maximum atomic E-state index is 12.3. The van der Waals surface area contributed by atoms with E-state index in [4.69, 9.17) is 9.47 Å². The Kier molecular flexibility index (Phi) is 57.4. The molecule has 5 heteroatoms. The third-order valence-electron chi connectivity index (χ3n) is 12.9. The summed E-state index contributed by atoms with van der Waals surface area (Å²) >= 11 is 0. The lowest BCUT2D eigenvalue weighted by molar-refractivity contribution is -0.161. The summed E-state index contributed by atoms with van der Waals surface area (Å²) in [6, 6.07) is 0. The molecule has 0 bridgehead atoms. The Morgan fingerprint density at radius 1 is 0.343 bits per heavy atom. The van der Waals surface area contributed by atoms with E-state index in [1.807, 2.05) is 0 Å². The summed E-state index contributed by atoms with van der Waals surface area (Å²) in [5.41, 5.74) is 0. The van der Waals surface area contributed by atoms with Crippen LogP contribution in [0, 0.1) is 0 Å². The van der Waals surface area contributed by atoms with Gasteiger partial charge in [0.1, 0.15) is 6.61 Å². The Bertz CT molecular complexity index is 1330. The van der Waals surface area contributed by atoms with Gasteiger partial charge >= 0.3 is 11.9 Å². The molecule has 0 saturated carbocycles. The van der Waals surface area contributed by atoms with Crippen LogP contribution in [-0.2, 0) is 19.1 Å². The molecule has 0 amide bonds. The summed E-state index contributed by atoms with van der Waals surface area (Å²) in [5, 5.41) is 9.67. The zero-order valence-corrected chi connectivity index (χ0v) is 46.0. The zero-order chi connectivity index (χ0) is 50.6.